The van der Waals surface area contributed by atoms with Crippen molar-refractivity contribution in [2.45, 2.75) is 51.1 Å². The highest BCUT2D eigenvalue weighted by Gasteiger charge is 2.24. The van der Waals surface area contributed by atoms with Crippen LogP contribution in [0.2, 0.25) is 0 Å². The van der Waals surface area contributed by atoms with Gasteiger partial charge in [-0.05, 0) is 37.0 Å². The molecule has 98 valence electrons. The van der Waals surface area contributed by atoms with Crippen molar-refractivity contribution in [2.24, 2.45) is 5.73 Å². The lowest BCUT2D eigenvalue weighted by atomic mass is 9.93. The predicted molar refractivity (Wildman–Crippen MR) is 70.9 cm³/mol. The summed E-state index contributed by atoms with van der Waals surface area (Å²) in [7, 11) is 0. The molecule has 4 nitrogen and oxygen atoms in total. The number of rotatable bonds is 4. The van der Waals surface area contributed by atoms with E-state index in [0.29, 0.717) is 6.04 Å². The maximum Gasteiger partial charge on any atom is 0.239 e. The van der Waals surface area contributed by atoms with Gasteiger partial charge in [0, 0.05) is 18.4 Å². The number of hydrogen-bond acceptors (Lipinski definition) is 3. The van der Waals surface area contributed by atoms with E-state index in [-0.39, 0.29) is 5.91 Å². The Kier molecular flexibility index (Phi) is 4.31. The van der Waals surface area contributed by atoms with E-state index in [1.807, 2.05) is 13.0 Å². The van der Waals surface area contributed by atoms with E-state index in [1.165, 1.54) is 19.3 Å². The summed E-state index contributed by atoms with van der Waals surface area (Å²) < 4.78 is 0. The summed E-state index contributed by atoms with van der Waals surface area (Å²) in [5.74, 6) is -0.323. The van der Waals surface area contributed by atoms with Crippen LogP contribution < -0.4 is 11.1 Å². The number of aryl methyl sites for hydroxylation is 1. The lowest BCUT2D eigenvalue weighted by Gasteiger charge is -2.27. The molecule has 4 heteroatoms. The molecular formula is C14H21N3O. The lowest BCUT2D eigenvalue weighted by Crippen LogP contribution is -2.41. The number of carbonyl (C=O) groups is 1. The Hall–Kier alpha value is -1.42. The number of amides is 1. The van der Waals surface area contributed by atoms with Gasteiger partial charge < -0.3 is 5.73 Å². The Morgan fingerprint density at radius 3 is 2.78 bits per heavy atom. The van der Waals surface area contributed by atoms with Crippen molar-refractivity contribution < 1.29 is 4.79 Å². The average molecular weight is 247 g/mol. The zero-order valence-electron chi connectivity index (χ0n) is 10.9. The molecule has 1 aliphatic carbocycles. The zero-order valence-corrected chi connectivity index (χ0v) is 10.9. The van der Waals surface area contributed by atoms with Gasteiger partial charge in [0.05, 0.1) is 0 Å². The highest BCUT2D eigenvalue weighted by atomic mass is 16.1. The van der Waals surface area contributed by atoms with Gasteiger partial charge in [-0.15, -0.1) is 0 Å². The van der Waals surface area contributed by atoms with Crippen LogP contribution in [-0.4, -0.2) is 16.9 Å². The number of nitrogens with two attached hydrogens (primary N) is 1. The van der Waals surface area contributed by atoms with Crippen molar-refractivity contribution in [3.8, 4) is 0 Å². The van der Waals surface area contributed by atoms with Gasteiger partial charge in [-0.2, -0.15) is 0 Å². The topological polar surface area (TPSA) is 68.0 Å². The minimum atomic E-state index is -0.415. The Labute approximate surface area is 108 Å². The predicted octanol–water partition coefficient (Wildman–Crippen LogP) is 1.84. The molecule has 0 saturated heterocycles. The quantitative estimate of drug-likeness (QED) is 0.853. The van der Waals surface area contributed by atoms with Gasteiger partial charge >= 0.3 is 0 Å². The maximum absolute atomic E-state index is 11.7. The van der Waals surface area contributed by atoms with Crippen molar-refractivity contribution in [3.05, 3.63) is 29.6 Å². The lowest BCUT2D eigenvalue weighted by molar-refractivity contribution is -0.120. The van der Waals surface area contributed by atoms with E-state index >= 15 is 0 Å². The van der Waals surface area contributed by atoms with Gasteiger partial charge in [-0.25, -0.2) is 0 Å². The first kappa shape index (κ1) is 13.0. The van der Waals surface area contributed by atoms with E-state index in [0.717, 1.165) is 24.0 Å². The van der Waals surface area contributed by atoms with Crippen LogP contribution in [0.3, 0.4) is 0 Å². The van der Waals surface area contributed by atoms with Gasteiger partial charge in [0.2, 0.25) is 5.91 Å². The number of aromatic nitrogens is 1. The van der Waals surface area contributed by atoms with E-state index in [2.05, 4.69) is 10.3 Å². The molecule has 1 fully saturated rings. The van der Waals surface area contributed by atoms with Crippen LogP contribution in [0.25, 0.3) is 0 Å². The largest absolute Gasteiger partial charge is 0.368 e. The standard InChI is InChI=1S/C14H21N3O/c1-10-7-8-16-9-12(10)13(14(15)18)17-11-5-3-2-4-6-11/h7-9,11,13,17H,2-6H2,1H3,(H2,15,18). The molecule has 0 aromatic carbocycles. The number of nitrogens with zero attached hydrogens (tertiary/aromatic N) is 1. The second-order valence-corrected chi connectivity index (χ2v) is 5.07. The van der Waals surface area contributed by atoms with Crippen molar-refractivity contribution in [2.75, 3.05) is 0 Å². The third-order valence-electron chi connectivity index (χ3n) is 3.68. The molecule has 1 aromatic rings. The fraction of sp³-hybridized carbons (Fsp3) is 0.571. The van der Waals surface area contributed by atoms with Crippen LogP contribution in [-0.2, 0) is 4.79 Å². The van der Waals surface area contributed by atoms with Gasteiger partial charge in [-0.1, -0.05) is 19.3 Å². The van der Waals surface area contributed by atoms with Crippen molar-refractivity contribution in [3.63, 3.8) is 0 Å². The molecule has 0 aliphatic heterocycles. The van der Waals surface area contributed by atoms with Crippen LogP contribution in [0.1, 0.15) is 49.3 Å². The van der Waals surface area contributed by atoms with Crippen LogP contribution in [0, 0.1) is 6.92 Å². The highest BCUT2D eigenvalue weighted by molar-refractivity contribution is 5.81. The molecule has 1 aliphatic rings. The first-order chi connectivity index (χ1) is 8.68. The van der Waals surface area contributed by atoms with Gasteiger partial charge in [0.15, 0.2) is 0 Å². The van der Waals surface area contributed by atoms with Crippen molar-refractivity contribution in [1.29, 1.82) is 0 Å². The molecule has 1 saturated carbocycles. The normalized spacial score (nSPS) is 18.5. The Balaban J connectivity index is 2.13. The van der Waals surface area contributed by atoms with Crippen LogP contribution in [0.4, 0.5) is 0 Å². The summed E-state index contributed by atoms with van der Waals surface area (Å²) in [6, 6.07) is 1.89. The van der Waals surface area contributed by atoms with Gasteiger partial charge in [0.1, 0.15) is 6.04 Å². The third kappa shape index (κ3) is 3.07. The van der Waals surface area contributed by atoms with Crippen LogP contribution >= 0.6 is 0 Å². The monoisotopic (exact) mass is 247 g/mol. The fourth-order valence-electron chi connectivity index (χ4n) is 2.61. The molecule has 18 heavy (non-hydrogen) atoms. The Morgan fingerprint density at radius 1 is 1.44 bits per heavy atom. The SMILES string of the molecule is Cc1ccncc1C(NC1CCCCC1)C(N)=O. The summed E-state index contributed by atoms with van der Waals surface area (Å²) in [5, 5.41) is 3.40. The minimum absolute atomic E-state index is 0.323. The van der Waals surface area contributed by atoms with Gasteiger partial charge in [0.25, 0.3) is 0 Å². The molecule has 0 bridgehead atoms. The average Bonchev–Trinajstić information content (AvgIpc) is 2.38. The summed E-state index contributed by atoms with van der Waals surface area (Å²) in [4.78, 5) is 15.8. The molecule has 0 radical (unpaired) electrons. The Bertz CT molecular complexity index is 413. The molecule has 1 heterocycles. The second-order valence-electron chi connectivity index (χ2n) is 5.07. The zero-order chi connectivity index (χ0) is 13.0. The Morgan fingerprint density at radius 2 is 2.17 bits per heavy atom. The molecule has 0 spiro atoms. The summed E-state index contributed by atoms with van der Waals surface area (Å²) >= 11 is 0. The molecule has 1 unspecified atom stereocenters. The minimum Gasteiger partial charge on any atom is -0.368 e. The summed E-state index contributed by atoms with van der Waals surface area (Å²) in [6.07, 6.45) is 9.49. The molecule has 3 N–H and O–H groups in total. The van der Waals surface area contributed by atoms with Crippen LogP contribution in [0.5, 0.6) is 0 Å². The number of nitrogens with one attached hydrogen (secondary N) is 1. The molecule has 1 amide bonds. The molecule has 2 rings (SSSR count). The number of carbonyl (C=O) groups excluding carboxylic acids is 1. The molecule has 1 aromatic heterocycles. The first-order valence-electron chi connectivity index (χ1n) is 6.64. The number of primary amides is 1. The van der Waals surface area contributed by atoms with Gasteiger partial charge in [-0.3, -0.25) is 15.1 Å². The summed E-state index contributed by atoms with van der Waals surface area (Å²) in [5.41, 5.74) is 7.48. The smallest absolute Gasteiger partial charge is 0.239 e. The number of hydrogen-bond donors (Lipinski definition) is 2. The highest BCUT2D eigenvalue weighted by Crippen LogP contribution is 2.22. The molecular weight excluding hydrogens is 226 g/mol. The number of pyridine rings is 1. The maximum atomic E-state index is 11.7. The molecule has 1 atom stereocenters. The summed E-state index contributed by atoms with van der Waals surface area (Å²) in [6.45, 7) is 1.98. The van der Waals surface area contributed by atoms with Crippen molar-refractivity contribution in [1.82, 2.24) is 10.3 Å². The fourth-order valence-corrected chi connectivity index (χ4v) is 2.61. The van der Waals surface area contributed by atoms with E-state index in [9.17, 15) is 4.79 Å². The third-order valence-corrected chi connectivity index (χ3v) is 3.68. The van der Waals surface area contributed by atoms with Crippen LogP contribution in [0.15, 0.2) is 18.5 Å². The van der Waals surface area contributed by atoms with E-state index in [1.54, 1.807) is 12.4 Å². The first-order valence-corrected chi connectivity index (χ1v) is 6.64. The van der Waals surface area contributed by atoms with Crippen molar-refractivity contribution >= 4 is 5.91 Å². The van der Waals surface area contributed by atoms with E-state index < -0.39 is 6.04 Å². The van der Waals surface area contributed by atoms with E-state index in [4.69, 9.17) is 5.73 Å². The second kappa shape index (κ2) is 5.96.